The monoisotopic (exact) mass is 431 g/mol. The van der Waals surface area contributed by atoms with Gasteiger partial charge >= 0.3 is 6.18 Å². The van der Waals surface area contributed by atoms with Crippen LogP contribution in [0.1, 0.15) is 25.3 Å². The lowest BCUT2D eigenvalue weighted by Gasteiger charge is -2.27. The second kappa shape index (κ2) is 7.68. The molecular formula is C21H20F3N5O2. The highest BCUT2D eigenvalue weighted by atomic mass is 19.4. The highest BCUT2D eigenvalue weighted by Crippen LogP contribution is 2.40. The summed E-state index contributed by atoms with van der Waals surface area (Å²) in [4.78, 5) is 26.7. The van der Waals surface area contributed by atoms with Gasteiger partial charge in [-0.15, -0.1) is 0 Å². The van der Waals surface area contributed by atoms with Gasteiger partial charge in [0, 0.05) is 18.3 Å². The fourth-order valence-corrected chi connectivity index (χ4v) is 3.47. The van der Waals surface area contributed by atoms with Gasteiger partial charge in [-0.1, -0.05) is 6.07 Å². The van der Waals surface area contributed by atoms with Crippen LogP contribution in [0.15, 0.2) is 62.3 Å². The molecule has 7 nitrogen and oxygen atoms in total. The molecule has 0 radical (unpaired) electrons. The summed E-state index contributed by atoms with van der Waals surface area (Å²) < 4.78 is 45.6. The Balaban J connectivity index is 1.75. The van der Waals surface area contributed by atoms with Gasteiger partial charge in [0.2, 0.25) is 0 Å². The van der Waals surface area contributed by atoms with E-state index in [1.54, 1.807) is 43.1 Å². The average Bonchev–Trinajstić information content (AvgIpc) is 3.43. The van der Waals surface area contributed by atoms with Crippen molar-refractivity contribution in [3.8, 4) is 0 Å². The van der Waals surface area contributed by atoms with E-state index in [4.69, 9.17) is 4.42 Å². The minimum atomic E-state index is -4.54. The molecule has 0 spiro atoms. The first kappa shape index (κ1) is 20.8. The Morgan fingerprint density at radius 3 is 2.77 bits per heavy atom. The Hall–Kier alpha value is -3.43. The summed E-state index contributed by atoms with van der Waals surface area (Å²) in [6.45, 7) is 5.18. The van der Waals surface area contributed by atoms with E-state index in [9.17, 15) is 18.0 Å². The summed E-state index contributed by atoms with van der Waals surface area (Å²) >= 11 is 0. The molecule has 1 N–H and O–H groups in total. The molecular weight excluding hydrogens is 411 g/mol. The van der Waals surface area contributed by atoms with Crippen LogP contribution in [0.4, 0.5) is 13.2 Å². The first-order chi connectivity index (χ1) is 14.7. The van der Waals surface area contributed by atoms with Gasteiger partial charge in [0.15, 0.2) is 23.5 Å². The van der Waals surface area contributed by atoms with Crippen molar-refractivity contribution in [3.63, 3.8) is 0 Å². The molecule has 0 bridgehead atoms. The average molecular weight is 431 g/mol. The van der Waals surface area contributed by atoms with Crippen molar-refractivity contribution in [3.05, 3.63) is 53.4 Å². The lowest BCUT2D eigenvalue weighted by molar-refractivity contribution is -0.164. The molecule has 1 aliphatic carbocycles. The van der Waals surface area contributed by atoms with Gasteiger partial charge < -0.3 is 14.6 Å². The first-order valence-corrected chi connectivity index (χ1v) is 9.62. The number of hydrogen-bond acceptors (Lipinski definition) is 6. The maximum Gasteiger partial charge on any atom is 0.408 e. The summed E-state index contributed by atoms with van der Waals surface area (Å²) in [6, 6.07) is 3.43. The molecule has 162 valence electrons. The van der Waals surface area contributed by atoms with Crippen molar-refractivity contribution in [1.29, 1.82) is 0 Å². The maximum atomic E-state index is 13.4. The number of carbonyl (C=O) groups is 1. The number of carbonyl (C=O) groups excluding carboxylic acids is 1. The number of hydrogen-bond donors (Lipinski definition) is 1. The van der Waals surface area contributed by atoms with Crippen LogP contribution >= 0.6 is 0 Å². The van der Waals surface area contributed by atoms with Crippen LogP contribution in [0, 0.1) is 5.92 Å². The van der Waals surface area contributed by atoms with Crippen LogP contribution in [0.3, 0.4) is 0 Å². The minimum absolute atomic E-state index is 0.0933. The molecule has 1 aromatic carbocycles. The molecule has 2 heterocycles. The number of benzene rings is 1. The van der Waals surface area contributed by atoms with Crippen LogP contribution in [0.2, 0.25) is 0 Å². The third kappa shape index (κ3) is 3.97. The largest absolute Gasteiger partial charge is 0.443 e. The standard InChI is InChI=1S/C21H20F3N5O2/c1-11-9-15(13-5-4-6-14-17(13)31-10-26-14)27-19(29(11)3)16(25-2)20(30)28-18(12-7-8-12)21(22,23)24/h4-6,9-10,12,18H,2,7-8H2,1,3H3,(H,28,30)/b19-16-. The Bertz CT molecular complexity index is 1140. The van der Waals surface area contributed by atoms with Crippen molar-refractivity contribution >= 4 is 29.4 Å². The number of oxazole rings is 1. The van der Waals surface area contributed by atoms with Gasteiger partial charge in [0.25, 0.3) is 5.91 Å². The second-order valence-corrected chi connectivity index (χ2v) is 7.51. The molecule has 1 saturated carbocycles. The molecule has 4 rings (SSSR count). The third-order valence-corrected chi connectivity index (χ3v) is 5.37. The summed E-state index contributed by atoms with van der Waals surface area (Å²) in [5.74, 6) is -1.49. The van der Waals surface area contributed by atoms with Crippen molar-refractivity contribution in [1.82, 2.24) is 15.2 Å². The molecule has 1 aliphatic heterocycles. The van der Waals surface area contributed by atoms with Gasteiger partial charge in [0.1, 0.15) is 11.6 Å². The van der Waals surface area contributed by atoms with Gasteiger partial charge in [-0.3, -0.25) is 9.79 Å². The second-order valence-electron chi connectivity index (χ2n) is 7.51. The molecule has 0 saturated heterocycles. The number of para-hydroxylation sites is 1. The zero-order chi connectivity index (χ0) is 22.3. The van der Waals surface area contributed by atoms with Crippen molar-refractivity contribution in [2.24, 2.45) is 15.9 Å². The zero-order valence-electron chi connectivity index (χ0n) is 16.9. The van der Waals surface area contributed by atoms with Gasteiger partial charge in [-0.25, -0.2) is 9.98 Å². The zero-order valence-corrected chi connectivity index (χ0v) is 16.9. The van der Waals surface area contributed by atoms with E-state index >= 15 is 0 Å². The van der Waals surface area contributed by atoms with Crippen LogP contribution in [-0.4, -0.2) is 47.5 Å². The van der Waals surface area contributed by atoms with E-state index in [2.05, 4.69) is 27.0 Å². The van der Waals surface area contributed by atoms with E-state index in [1.165, 1.54) is 6.39 Å². The topological polar surface area (TPSA) is 83.1 Å². The lowest BCUT2D eigenvalue weighted by Crippen LogP contribution is -2.47. The fourth-order valence-electron chi connectivity index (χ4n) is 3.47. The fraction of sp³-hybridized carbons (Fsp3) is 0.333. The van der Waals surface area contributed by atoms with E-state index in [0.29, 0.717) is 40.9 Å². The quantitative estimate of drug-likeness (QED) is 0.577. The minimum Gasteiger partial charge on any atom is -0.443 e. The maximum absolute atomic E-state index is 13.4. The number of amides is 1. The normalized spacial score (nSPS) is 19.6. The summed E-state index contributed by atoms with van der Waals surface area (Å²) in [6.07, 6.45) is -0.608. The predicted molar refractivity (Wildman–Crippen MR) is 109 cm³/mol. The Morgan fingerprint density at radius 2 is 2.13 bits per heavy atom. The Labute approximate surface area is 176 Å². The van der Waals surface area contributed by atoms with Crippen LogP contribution in [0.25, 0.3) is 11.1 Å². The van der Waals surface area contributed by atoms with E-state index in [-0.39, 0.29) is 11.5 Å². The number of allylic oxidation sites excluding steroid dienone is 2. The number of nitrogens with zero attached hydrogens (tertiary/aromatic N) is 4. The van der Waals surface area contributed by atoms with Gasteiger partial charge in [-0.2, -0.15) is 13.2 Å². The number of rotatable bonds is 5. The van der Waals surface area contributed by atoms with Crippen molar-refractivity contribution in [2.45, 2.75) is 32.0 Å². The number of halogens is 3. The highest BCUT2D eigenvalue weighted by molar-refractivity contribution is 6.16. The molecule has 1 unspecified atom stereocenters. The van der Waals surface area contributed by atoms with Crippen LogP contribution < -0.4 is 5.32 Å². The van der Waals surface area contributed by atoms with E-state index in [0.717, 1.165) is 0 Å². The lowest BCUT2D eigenvalue weighted by atomic mass is 10.1. The highest BCUT2D eigenvalue weighted by Gasteiger charge is 2.50. The number of aliphatic imine (C=N–C) groups is 2. The van der Waals surface area contributed by atoms with Gasteiger partial charge in [0.05, 0.1) is 5.71 Å². The SMILES string of the molecule is C=N/C(C(=O)NC(C1CC1)C(F)(F)F)=C1/N=C(c2cccc3ncoc23)C=C(C)N1C. The summed E-state index contributed by atoms with van der Waals surface area (Å²) in [5, 5.41) is 2.08. The number of alkyl halides is 3. The predicted octanol–water partition coefficient (Wildman–Crippen LogP) is 3.79. The summed E-state index contributed by atoms with van der Waals surface area (Å²) in [5.41, 5.74) is 2.67. The summed E-state index contributed by atoms with van der Waals surface area (Å²) in [7, 11) is 1.65. The number of aromatic nitrogens is 1. The molecule has 1 amide bonds. The molecule has 1 atom stereocenters. The Kier molecular flexibility index (Phi) is 5.16. The van der Waals surface area contributed by atoms with E-state index in [1.807, 2.05) is 0 Å². The molecule has 10 heteroatoms. The number of nitrogens with one attached hydrogen (secondary N) is 1. The van der Waals surface area contributed by atoms with Crippen molar-refractivity contribution < 1.29 is 22.4 Å². The first-order valence-electron chi connectivity index (χ1n) is 9.62. The van der Waals surface area contributed by atoms with E-state index < -0.39 is 24.0 Å². The van der Waals surface area contributed by atoms with Crippen LogP contribution in [0.5, 0.6) is 0 Å². The molecule has 2 aromatic rings. The molecule has 2 aliphatic rings. The number of fused-ring (bicyclic) bond motifs is 1. The molecule has 1 fully saturated rings. The Morgan fingerprint density at radius 1 is 1.39 bits per heavy atom. The molecule has 1 aromatic heterocycles. The molecule has 31 heavy (non-hydrogen) atoms. The third-order valence-electron chi connectivity index (χ3n) is 5.37. The van der Waals surface area contributed by atoms with Crippen LogP contribution in [-0.2, 0) is 4.79 Å². The van der Waals surface area contributed by atoms with Crippen molar-refractivity contribution in [2.75, 3.05) is 7.05 Å². The van der Waals surface area contributed by atoms with Gasteiger partial charge in [-0.05, 0) is 50.6 Å². The smallest absolute Gasteiger partial charge is 0.408 e.